The van der Waals surface area contributed by atoms with Crippen LogP contribution in [0.15, 0.2) is 18.2 Å². The molecule has 1 heteroatoms. The van der Waals surface area contributed by atoms with Gasteiger partial charge in [0, 0.05) is 12.8 Å². The maximum atomic E-state index is 12.0. The van der Waals surface area contributed by atoms with Crippen molar-refractivity contribution in [2.45, 2.75) is 58.8 Å². The molecule has 1 fully saturated rings. The molecule has 0 amide bonds. The first-order valence-corrected chi connectivity index (χ1v) is 7.22. The Morgan fingerprint density at radius 2 is 1.72 bits per heavy atom. The van der Waals surface area contributed by atoms with Crippen LogP contribution in [-0.2, 0) is 11.2 Å². The summed E-state index contributed by atoms with van der Waals surface area (Å²) in [6.45, 7) is 4.19. The molecule has 0 heterocycles. The second-order valence-electron chi connectivity index (χ2n) is 5.90. The van der Waals surface area contributed by atoms with Crippen molar-refractivity contribution in [1.82, 2.24) is 0 Å². The topological polar surface area (TPSA) is 17.1 Å². The zero-order chi connectivity index (χ0) is 13.0. The van der Waals surface area contributed by atoms with E-state index in [-0.39, 0.29) is 0 Å². The van der Waals surface area contributed by atoms with Gasteiger partial charge in [-0.25, -0.2) is 0 Å². The van der Waals surface area contributed by atoms with E-state index >= 15 is 0 Å². The molecule has 0 saturated heterocycles. The van der Waals surface area contributed by atoms with Gasteiger partial charge in [0.05, 0.1) is 0 Å². The summed E-state index contributed by atoms with van der Waals surface area (Å²) >= 11 is 0. The van der Waals surface area contributed by atoms with Crippen molar-refractivity contribution in [3.8, 4) is 0 Å². The lowest BCUT2D eigenvalue weighted by molar-refractivity contribution is -0.118. The molecule has 0 atom stereocenters. The first-order chi connectivity index (χ1) is 8.63. The molecule has 0 spiro atoms. The third-order valence-corrected chi connectivity index (χ3v) is 3.99. The molecule has 1 nitrogen and oxygen atoms in total. The van der Waals surface area contributed by atoms with E-state index in [0.29, 0.717) is 12.2 Å². The molecule has 2 rings (SSSR count). The average molecular weight is 244 g/mol. The molecule has 0 aromatic heterocycles. The predicted octanol–water partition coefficient (Wildman–Crippen LogP) is 4.39. The van der Waals surface area contributed by atoms with Crippen LogP contribution in [0, 0.1) is 19.8 Å². The van der Waals surface area contributed by atoms with Gasteiger partial charge in [-0.05, 0) is 31.7 Å². The number of carbonyl (C=O) groups is 1. The van der Waals surface area contributed by atoms with Gasteiger partial charge in [-0.15, -0.1) is 0 Å². The highest BCUT2D eigenvalue weighted by atomic mass is 16.1. The second-order valence-corrected chi connectivity index (χ2v) is 5.90. The van der Waals surface area contributed by atoms with Gasteiger partial charge < -0.3 is 0 Å². The fraction of sp³-hybridized carbons (Fsp3) is 0.588. The van der Waals surface area contributed by atoms with Gasteiger partial charge >= 0.3 is 0 Å². The third kappa shape index (κ3) is 3.97. The van der Waals surface area contributed by atoms with Gasteiger partial charge in [-0.3, -0.25) is 4.79 Å². The maximum Gasteiger partial charge on any atom is 0.137 e. The standard InChI is InChI=1S/C17H24O/c1-13-9-14(2)11-16(10-13)12-17(18)8-7-15-5-3-4-6-15/h9-11,15H,3-8,12H2,1-2H3. The molecule has 1 aliphatic carbocycles. The van der Waals surface area contributed by atoms with Crippen molar-refractivity contribution in [2.24, 2.45) is 5.92 Å². The van der Waals surface area contributed by atoms with Crippen LogP contribution in [0.3, 0.4) is 0 Å². The fourth-order valence-electron chi connectivity index (χ4n) is 3.15. The Morgan fingerprint density at radius 3 is 2.33 bits per heavy atom. The van der Waals surface area contributed by atoms with E-state index in [1.54, 1.807) is 0 Å². The SMILES string of the molecule is Cc1cc(C)cc(CC(=O)CCC2CCCC2)c1. The Morgan fingerprint density at radius 1 is 1.11 bits per heavy atom. The lowest BCUT2D eigenvalue weighted by Gasteiger charge is -2.08. The van der Waals surface area contributed by atoms with Crippen LogP contribution in [0.4, 0.5) is 0 Å². The number of carbonyl (C=O) groups excluding carboxylic acids is 1. The average Bonchev–Trinajstić information content (AvgIpc) is 2.77. The minimum atomic E-state index is 0.409. The summed E-state index contributed by atoms with van der Waals surface area (Å²) in [5.41, 5.74) is 3.70. The summed E-state index contributed by atoms with van der Waals surface area (Å²) in [6.07, 6.45) is 7.94. The van der Waals surface area contributed by atoms with Crippen molar-refractivity contribution < 1.29 is 4.79 Å². The molecule has 98 valence electrons. The zero-order valence-corrected chi connectivity index (χ0v) is 11.7. The minimum Gasteiger partial charge on any atom is -0.299 e. The van der Waals surface area contributed by atoms with E-state index in [0.717, 1.165) is 18.8 Å². The van der Waals surface area contributed by atoms with Crippen molar-refractivity contribution in [3.05, 3.63) is 34.9 Å². The Balaban J connectivity index is 1.82. The predicted molar refractivity (Wildman–Crippen MR) is 75.8 cm³/mol. The van der Waals surface area contributed by atoms with E-state index in [2.05, 4.69) is 32.0 Å². The molecular formula is C17H24O. The number of hydrogen-bond donors (Lipinski definition) is 0. The normalized spacial score (nSPS) is 16.1. The van der Waals surface area contributed by atoms with Gasteiger partial charge in [-0.2, -0.15) is 0 Å². The van der Waals surface area contributed by atoms with Crippen molar-refractivity contribution >= 4 is 5.78 Å². The number of rotatable bonds is 5. The highest BCUT2D eigenvalue weighted by Gasteiger charge is 2.16. The Labute approximate surface area is 111 Å². The van der Waals surface area contributed by atoms with E-state index < -0.39 is 0 Å². The molecule has 1 saturated carbocycles. The number of aryl methyl sites for hydroxylation is 2. The molecule has 1 aromatic rings. The Kier molecular flexibility index (Phi) is 4.57. The molecule has 0 unspecified atom stereocenters. The maximum absolute atomic E-state index is 12.0. The highest BCUT2D eigenvalue weighted by Crippen LogP contribution is 2.28. The molecule has 0 bridgehead atoms. The van der Waals surface area contributed by atoms with Crippen LogP contribution in [0.25, 0.3) is 0 Å². The van der Waals surface area contributed by atoms with E-state index in [4.69, 9.17) is 0 Å². The summed E-state index contributed by atoms with van der Waals surface area (Å²) in [5.74, 6) is 1.24. The molecule has 0 N–H and O–H groups in total. The van der Waals surface area contributed by atoms with Crippen molar-refractivity contribution in [1.29, 1.82) is 0 Å². The molecule has 1 aromatic carbocycles. The van der Waals surface area contributed by atoms with Crippen LogP contribution in [0.1, 0.15) is 55.2 Å². The number of benzene rings is 1. The van der Waals surface area contributed by atoms with Gasteiger partial charge in [0.25, 0.3) is 0 Å². The lowest BCUT2D eigenvalue weighted by Crippen LogP contribution is -2.06. The van der Waals surface area contributed by atoms with Gasteiger partial charge in [0.15, 0.2) is 0 Å². The summed E-state index contributed by atoms with van der Waals surface area (Å²) < 4.78 is 0. The number of ketones is 1. The van der Waals surface area contributed by atoms with E-state index in [1.807, 2.05) is 0 Å². The molecule has 1 aliphatic rings. The quantitative estimate of drug-likeness (QED) is 0.751. The fourth-order valence-corrected chi connectivity index (χ4v) is 3.15. The van der Waals surface area contributed by atoms with Gasteiger partial charge in [0.2, 0.25) is 0 Å². The molecule has 0 radical (unpaired) electrons. The molecule has 0 aliphatic heterocycles. The summed E-state index contributed by atoms with van der Waals surface area (Å²) in [4.78, 5) is 12.0. The van der Waals surface area contributed by atoms with Gasteiger partial charge in [-0.1, -0.05) is 55.0 Å². The van der Waals surface area contributed by atoms with Crippen molar-refractivity contribution in [2.75, 3.05) is 0 Å². The smallest absolute Gasteiger partial charge is 0.137 e. The third-order valence-electron chi connectivity index (χ3n) is 3.99. The van der Waals surface area contributed by atoms with Crippen LogP contribution in [0.2, 0.25) is 0 Å². The number of Topliss-reactive ketones (excluding diaryl/α,β-unsaturated/α-hetero) is 1. The zero-order valence-electron chi connectivity index (χ0n) is 11.7. The summed E-state index contributed by atoms with van der Waals surface area (Å²) in [5, 5.41) is 0. The van der Waals surface area contributed by atoms with Gasteiger partial charge in [0.1, 0.15) is 5.78 Å². The second kappa shape index (κ2) is 6.17. The highest BCUT2D eigenvalue weighted by molar-refractivity contribution is 5.80. The molecule has 18 heavy (non-hydrogen) atoms. The largest absolute Gasteiger partial charge is 0.299 e. The molecular weight excluding hydrogens is 220 g/mol. The van der Waals surface area contributed by atoms with E-state index in [1.165, 1.54) is 42.4 Å². The van der Waals surface area contributed by atoms with Crippen LogP contribution < -0.4 is 0 Å². The van der Waals surface area contributed by atoms with Crippen molar-refractivity contribution in [3.63, 3.8) is 0 Å². The Hall–Kier alpha value is -1.11. The minimum absolute atomic E-state index is 0.409. The summed E-state index contributed by atoms with van der Waals surface area (Å²) in [6, 6.07) is 6.44. The first-order valence-electron chi connectivity index (χ1n) is 7.22. The van der Waals surface area contributed by atoms with Crippen LogP contribution >= 0.6 is 0 Å². The first kappa shape index (κ1) is 13.3. The number of hydrogen-bond acceptors (Lipinski definition) is 1. The van der Waals surface area contributed by atoms with E-state index in [9.17, 15) is 4.79 Å². The van der Waals surface area contributed by atoms with Crippen LogP contribution in [0.5, 0.6) is 0 Å². The lowest BCUT2D eigenvalue weighted by atomic mass is 9.96. The summed E-state index contributed by atoms with van der Waals surface area (Å²) in [7, 11) is 0. The monoisotopic (exact) mass is 244 g/mol. The van der Waals surface area contributed by atoms with Crippen LogP contribution in [-0.4, -0.2) is 5.78 Å². The Bertz CT molecular complexity index is 393.